The molecular formula is C14H21N3O4. The Morgan fingerprint density at radius 3 is 2.57 bits per heavy atom. The van der Waals surface area contributed by atoms with Gasteiger partial charge in [0.1, 0.15) is 11.4 Å². The largest absolute Gasteiger partial charge is 0.464 e. The molecule has 2 rings (SSSR count). The summed E-state index contributed by atoms with van der Waals surface area (Å²) in [5.74, 6) is 0.789. The molecule has 1 aromatic rings. The number of aromatic nitrogens is 2. The van der Waals surface area contributed by atoms with Crippen LogP contribution < -0.4 is 0 Å². The molecule has 0 unspecified atom stereocenters. The number of ether oxygens (including phenoxy) is 1. The first-order valence-electron chi connectivity index (χ1n) is 6.93. The third kappa shape index (κ3) is 3.74. The van der Waals surface area contributed by atoms with E-state index in [2.05, 4.69) is 4.98 Å². The van der Waals surface area contributed by atoms with Gasteiger partial charge in [-0.1, -0.05) is 0 Å². The average Bonchev–Trinajstić information content (AvgIpc) is 3.08. The number of carbonyl (C=O) groups is 2. The predicted octanol–water partition coefficient (Wildman–Crippen LogP) is 2.65. The summed E-state index contributed by atoms with van der Waals surface area (Å²) in [4.78, 5) is 28.9. The normalized spacial score (nSPS) is 14.9. The monoisotopic (exact) mass is 295 g/mol. The zero-order valence-corrected chi connectivity index (χ0v) is 12.8. The molecule has 1 saturated carbocycles. The minimum atomic E-state index is -1.07. The Morgan fingerprint density at radius 2 is 2.10 bits per heavy atom. The molecule has 0 saturated heterocycles. The molecule has 1 N–H and O–H groups in total. The predicted molar refractivity (Wildman–Crippen MR) is 75.3 cm³/mol. The van der Waals surface area contributed by atoms with Crippen LogP contribution in [0.5, 0.6) is 0 Å². The summed E-state index contributed by atoms with van der Waals surface area (Å²) in [6.45, 7) is 5.49. The molecule has 0 radical (unpaired) electrons. The molecule has 1 aliphatic carbocycles. The van der Waals surface area contributed by atoms with E-state index in [4.69, 9.17) is 4.74 Å². The van der Waals surface area contributed by atoms with Crippen LogP contribution in [0, 0.1) is 0 Å². The van der Waals surface area contributed by atoms with Crippen molar-refractivity contribution in [2.75, 3.05) is 7.05 Å². The van der Waals surface area contributed by atoms with Gasteiger partial charge < -0.3 is 14.7 Å². The van der Waals surface area contributed by atoms with Gasteiger partial charge in [0.15, 0.2) is 0 Å². The molecule has 0 spiro atoms. The fourth-order valence-corrected chi connectivity index (χ4v) is 2.01. The van der Waals surface area contributed by atoms with Crippen LogP contribution in [0.25, 0.3) is 0 Å². The second-order valence-corrected chi connectivity index (χ2v) is 6.34. The van der Waals surface area contributed by atoms with Crippen molar-refractivity contribution in [1.29, 1.82) is 0 Å². The van der Waals surface area contributed by atoms with E-state index < -0.39 is 17.8 Å². The lowest BCUT2D eigenvalue weighted by atomic mass is 10.2. The first kappa shape index (κ1) is 15.3. The van der Waals surface area contributed by atoms with E-state index in [0.29, 0.717) is 11.5 Å². The average molecular weight is 295 g/mol. The summed E-state index contributed by atoms with van der Waals surface area (Å²) < 4.78 is 6.43. The van der Waals surface area contributed by atoms with Gasteiger partial charge in [0, 0.05) is 13.0 Å². The number of hydrogen-bond donors (Lipinski definition) is 1. The maximum Gasteiger partial charge on any atom is 0.417 e. The van der Waals surface area contributed by atoms with Gasteiger partial charge in [-0.3, -0.25) is 0 Å². The van der Waals surface area contributed by atoms with E-state index in [1.165, 1.54) is 15.7 Å². The summed E-state index contributed by atoms with van der Waals surface area (Å²) in [7, 11) is 1.57. The Balaban J connectivity index is 2.12. The first-order chi connectivity index (χ1) is 9.69. The topological polar surface area (TPSA) is 84.7 Å². The summed E-state index contributed by atoms with van der Waals surface area (Å²) in [5, 5.41) is 9.34. The van der Waals surface area contributed by atoms with Crippen molar-refractivity contribution in [2.24, 2.45) is 0 Å². The van der Waals surface area contributed by atoms with Gasteiger partial charge in [-0.25, -0.2) is 19.1 Å². The number of hydrogen-bond acceptors (Lipinski definition) is 4. The number of amides is 1. The Kier molecular flexibility index (Phi) is 3.93. The van der Waals surface area contributed by atoms with E-state index in [1.54, 1.807) is 27.8 Å². The lowest BCUT2D eigenvalue weighted by Gasteiger charge is -2.24. The van der Waals surface area contributed by atoms with E-state index in [1.807, 2.05) is 0 Å². The number of carbonyl (C=O) groups excluding carboxylic acids is 1. The van der Waals surface area contributed by atoms with Gasteiger partial charge in [0.2, 0.25) is 0 Å². The van der Waals surface area contributed by atoms with E-state index in [-0.39, 0.29) is 12.5 Å². The minimum Gasteiger partial charge on any atom is -0.464 e. The number of rotatable bonds is 3. The quantitative estimate of drug-likeness (QED) is 0.926. The highest BCUT2D eigenvalue weighted by Gasteiger charge is 2.32. The lowest BCUT2D eigenvalue weighted by Crippen LogP contribution is -2.34. The number of imidazole rings is 1. The van der Waals surface area contributed by atoms with E-state index in [0.717, 1.165) is 12.8 Å². The second-order valence-electron chi connectivity index (χ2n) is 6.34. The number of nitrogens with zero attached hydrogens (tertiary/aromatic N) is 3. The van der Waals surface area contributed by atoms with Crippen LogP contribution in [-0.2, 0) is 11.3 Å². The molecule has 116 valence electrons. The Hall–Kier alpha value is -2.05. The van der Waals surface area contributed by atoms with Crippen molar-refractivity contribution in [2.45, 2.75) is 51.7 Å². The molecule has 1 fully saturated rings. The van der Waals surface area contributed by atoms with Crippen LogP contribution in [0.2, 0.25) is 0 Å². The first-order valence-corrected chi connectivity index (χ1v) is 6.93. The van der Waals surface area contributed by atoms with Gasteiger partial charge in [0.25, 0.3) is 0 Å². The molecule has 0 aromatic carbocycles. The van der Waals surface area contributed by atoms with Crippen LogP contribution in [-0.4, -0.2) is 44.4 Å². The highest BCUT2D eigenvalue weighted by molar-refractivity contribution is 5.71. The summed E-state index contributed by atoms with van der Waals surface area (Å²) in [6, 6.07) is 0. The molecule has 1 amide bonds. The third-order valence-electron chi connectivity index (χ3n) is 3.10. The van der Waals surface area contributed by atoms with Gasteiger partial charge in [0.05, 0.1) is 18.4 Å². The van der Waals surface area contributed by atoms with Gasteiger partial charge in [-0.15, -0.1) is 0 Å². The highest BCUT2D eigenvalue weighted by Crippen LogP contribution is 2.39. The van der Waals surface area contributed by atoms with E-state index >= 15 is 0 Å². The van der Waals surface area contributed by atoms with Crippen molar-refractivity contribution < 1.29 is 19.4 Å². The number of carboxylic acid groups (broad SMARTS) is 1. The zero-order chi connectivity index (χ0) is 15.8. The van der Waals surface area contributed by atoms with Crippen molar-refractivity contribution in [3.05, 3.63) is 17.7 Å². The van der Waals surface area contributed by atoms with Gasteiger partial charge in [-0.05, 0) is 33.6 Å². The lowest BCUT2D eigenvalue weighted by molar-refractivity contribution is 0.0281. The molecule has 0 bridgehead atoms. The van der Waals surface area contributed by atoms with Crippen LogP contribution >= 0.6 is 0 Å². The van der Waals surface area contributed by atoms with Crippen molar-refractivity contribution >= 4 is 12.2 Å². The van der Waals surface area contributed by atoms with Crippen LogP contribution in [0.1, 0.15) is 51.0 Å². The molecule has 1 aliphatic rings. The Labute approximate surface area is 123 Å². The second kappa shape index (κ2) is 5.38. The fraction of sp³-hybridized carbons (Fsp3) is 0.643. The third-order valence-corrected chi connectivity index (χ3v) is 3.10. The molecule has 21 heavy (non-hydrogen) atoms. The highest BCUT2D eigenvalue weighted by atomic mass is 16.6. The van der Waals surface area contributed by atoms with Crippen molar-refractivity contribution in [3.63, 3.8) is 0 Å². The Morgan fingerprint density at radius 1 is 1.48 bits per heavy atom. The molecule has 7 heteroatoms. The summed E-state index contributed by atoms with van der Waals surface area (Å²) in [6.07, 6.45) is 1.88. The van der Waals surface area contributed by atoms with Gasteiger partial charge >= 0.3 is 12.2 Å². The molecular weight excluding hydrogens is 274 g/mol. The smallest absolute Gasteiger partial charge is 0.417 e. The van der Waals surface area contributed by atoms with Gasteiger partial charge in [-0.2, -0.15) is 0 Å². The van der Waals surface area contributed by atoms with Crippen molar-refractivity contribution in [3.8, 4) is 0 Å². The molecule has 7 nitrogen and oxygen atoms in total. The van der Waals surface area contributed by atoms with Crippen LogP contribution in [0.3, 0.4) is 0 Å². The van der Waals surface area contributed by atoms with Crippen molar-refractivity contribution in [1.82, 2.24) is 14.5 Å². The zero-order valence-electron chi connectivity index (χ0n) is 12.8. The molecule has 0 aliphatic heterocycles. The standard InChI is InChI=1S/C14H21N3O4/c1-14(2,3)21-13(20)16(4)8-10-7-15-11(9-5-6-9)17(10)12(18)19/h7,9H,5-6,8H2,1-4H3,(H,18,19). The van der Waals surface area contributed by atoms with Crippen LogP contribution in [0.4, 0.5) is 9.59 Å². The molecule has 1 heterocycles. The van der Waals surface area contributed by atoms with E-state index in [9.17, 15) is 14.7 Å². The fourth-order valence-electron chi connectivity index (χ4n) is 2.01. The Bertz CT molecular complexity index is 555. The summed E-state index contributed by atoms with van der Waals surface area (Å²) in [5.41, 5.74) is -0.116. The molecule has 0 atom stereocenters. The summed E-state index contributed by atoms with van der Waals surface area (Å²) >= 11 is 0. The maximum atomic E-state index is 11.9. The van der Waals surface area contributed by atoms with Crippen LogP contribution in [0.15, 0.2) is 6.20 Å². The minimum absolute atomic E-state index is 0.140. The maximum absolute atomic E-state index is 11.9. The SMILES string of the molecule is CN(Cc1cnc(C2CC2)n1C(=O)O)C(=O)OC(C)(C)C. The molecule has 1 aromatic heterocycles.